The van der Waals surface area contributed by atoms with Crippen molar-refractivity contribution in [2.45, 2.75) is 0 Å². The van der Waals surface area contributed by atoms with Crippen molar-refractivity contribution in [3.8, 4) is 11.3 Å². The van der Waals surface area contributed by atoms with Crippen molar-refractivity contribution in [1.82, 2.24) is 20.2 Å². The van der Waals surface area contributed by atoms with Crippen LogP contribution in [0.25, 0.3) is 22.2 Å². The molecule has 0 atom stereocenters. The van der Waals surface area contributed by atoms with Crippen molar-refractivity contribution in [1.29, 1.82) is 0 Å². The number of aromatic nitrogens is 4. The fourth-order valence-electron chi connectivity index (χ4n) is 1.64. The van der Waals surface area contributed by atoms with E-state index in [-0.39, 0.29) is 5.95 Å². The first-order valence-corrected chi connectivity index (χ1v) is 4.85. The first-order chi connectivity index (χ1) is 7.83. The Morgan fingerprint density at radius 2 is 2.12 bits per heavy atom. The van der Waals surface area contributed by atoms with E-state index in [4.69, 9.17) is 5.73 Å². The molecule has 3 aromatic rings. The normalized spacial score (nSPS) is 10.8. The van der Waals surface area contributed by atoms with Gasteiger partial charge in [0.1, 0.15) is 0 Å². The Morgan fingerprint density at radius 3 is 3.00 bits per heavy atom. The van der Waals surface area contributed by atoms with Crippen LogP contribution in [0.5, 0.6) is 0 Å². The van der Waals surface area contributed by atoms with Crippen molar-refractivity contribution in [3.63, 3.8) is 0 Å². The first kappa shape index (κ1) is 8.84. The molecule has 0 aliphatic rings. The Labute approximate surface area is 91.3 Å². The molecule has 0 unspecified atom stereocenters. The zero-order valence-corrected chi connectivity index (χ0v) is 8.38. The molecule has 1 aromatic carbocycles. The number of nitrogens with one attached hydrogen (secondary N) is 1. The molecule has 0 spiro atoms. The number of benzene rings is 1. The topological polar surface area (TPSA) is 80.5 Å². The average molecular weight is 211 g/mol. The fourth-order valence-corrected chi connectivity index (χ4v) is 1.64. The molecule has 0 radical (unpaired) electrons. The lowest BCUT2D eigenvalue weighted by Crippen LogP contribution is -1.94. The summed E-state index contributed by atoms with van der Waals surface area (Å²) in [6.45, 7) is 0. The van der Waals surface area contributed by atoms with Crippen molar-refractivity contribution >= 4 is 16.9 Å². The van der Waals surface area contributed by atoms with Gasteiger partial charge in [-0.15, -0.1) is 0 Å². The Kier molecular flexibility index (Phi) is 1.83. The van der Waals surface area contributed by atoms with Gasteiger partial charge in [0.15, 0.2) is 0 Å². The fraction of sp³-hybridized carbons (Fsp3) is 0. The predicted molar refractivity (Wildman–Crippen MR) is 61.5 cm³/mol. The summed E-state index contributed by atoms with van der Waals surface area (Å²) >= 11 is 0. The number of hydrogen-bond donors (Lipinski definition) is 2. The molecule has 78 valence electrons. The van der Waals surface area contributed by atoms with Gasteiger partial charge < -0.3 is 5.73 Å². The molecule has 2 heterocycles. The van der Waals surface area contributed by atoms with Crippen LogP contribution in [0.4, 0.5) is 5.95 Å². The summed E-state index contributed by atoms with van der Waals surface area (Å²) in [7, 11) is 0. The van der Waals surface area contributed by atoms with Gasteiger partial charge in [-0.25, -0.2) is 9.97 Å². The van der Waals surface area contributed by atoms with Gasteiger partial charge in [0.2, 0.25) is 5.95 Å². The summed E-state index contributed by atoms with van der Waals surface area (Å²) in [5.74, 6) is 0.282. The third-order valence-electron chi connectivity index (χ3n) is 2.41. The molecule has 0 saturated heterocycles. The zero-order valence-electron chi connectivity index (χ0n) is 8.38. The van der Waals surface area contributed by atoms with Gasteiger partial charge in [-0.2, -0.15) is 5.10 Å². The Morgan fingerprint density at radius 1 is 1.19 bits per heavy atom. The second-order valence-corrected chi connectivity index (χ2v) is 3.47. The molecule has 3 N–H and O–H groups in total. The number of rotatable bonds is 1. The smallest absolute Gasteiger partial charge is 0.220 e. The van der Waals surface area contributed by atoms with Crippen LogP contribution in [0.15, 0.2) is 36.7 Å². The summed E-state index contributed by atoms with van der Waals surface area (Å²) in [4.78, 5) is 8.04. The molecule has 2 aromatic heterocycles. The van der Waals surface area contributed by atoms with Gasteiger partial charge >= 0.3 is 0 Å². The zero-order chi connectivity index (χ0) is 11.0. The van der Waals surface area contributed by atoms with Crippen LogP contribution in [0.3, 0.4) is 0 Å². The number of nitrogen functional groups attached to an aromatic ring is 1. The molecule has 16 heavy (non-hydrogen) atoms. The molecule has 0 aliphatic heterocycles. The summed E-state index contributed by atoms with van der Waals surface area (Å²) < 4.78 is 0. The monoisotopic (exact) mass is 211 g/mol. The number of fused-ring (bicyclic) bond motifs is 1. The largest absolute Gasteiger partial charge is 0.368 e. The van der Waals surface area contributed by atoms with E-state index in [2.05, 4.69) is 20.2 Å². The van der Waals surface area contributed by atoms with E-state index in [0.29, 0.717) is 0 Å². The third-order valence-corrected chi connectivity index (χ3v) is 2.41. The lowest BCUT2D eigenvalue weighted by molar-refractivity contribution is 1.12. The minimum Gasteiger partial charge on any atom is -0.368 e. The lowest BCUT2D eigenvalue weighted by atomic mass is 10.1. The summed E-state index contributed by atoms with van der Waals surface area (Å²) in [6.07, 6.45) is 3.43. The lowest BCUT2D eigenvalue weighted by Gasteiger charge is -2.00. The van der Waals surface area contributed by atoms with Crippen molar-refractivity contribution in [2.75, 3.05) is 5.73 Å². The quantitative estimate of drug-likeness (QED) is 0.640. The average Bonchev–Trinajstić information content (AvgIpc) is 2.75. The number of nitrogens with zero attached hydrogens (tertiary/aromatic N) is 3. The molecular weight excluding hydrogens is 202 g/mol. The van der Waals surface area contributed by atoms with Gasteiger partial charge in [-0.05, 0) is 18.2 Å². The SMILES string of the molecule is Nc1nccc(-c2ccc3[nH]ncc3c2)n1. The van der Waals surface area contributed by atoms with E-state index >= 15 is 0 Å². The minimum absolute atomic E-state index is 0.282. The molecule has 5 heteroatoms. The van der Waals surface area contributed by atoms with Crippen molar-refractivity contribution in [3.05, 3.63) is 36.7 Å². The molecule has 5 nitrogen and oxygen atoms in total. The second-order valence-electron chi connectivity index (χ2n) is 3.47. The Bertz CT molecular complexity index is 643. The van der Waals surface area contributed by atoms with E-state index in [0.717, 1.165) is 22.2 Å². The highest BCUT2D eigenvalue weighted by Crippen LogP contribution is 2.21. The number of hydrogen-bond acceptors (Lipinski definition) is 4. The van der Waals surface area contributed by atoms with Gasteiger partial charge in [0.25, 0.3) is 0 Å². The van der Waals surface area contributed by atoms with Gasteiger partial charge in [-0.3, -0.25) is 5.10 Å². The number of anilines is 1. The Hall–Kier alpha value is -2.43. The molecule has 0 fully saturated rings. The van der Waals surface area contributed by atoms with Crippen molar-refractivity contribution < 1.29 is 0 Å². The maximum atomic E-state index is 5.55. The summed E-state index contributed by atoms with van der Waals surface area (Å²) in [6, 6.07) is 7.79. The summed E-state index contributed by atoms with van der Waals surface area (Å²) in [5, 5.41) is 7.92. The molecular formula is C11H9N5. The summed E-state index contributed by atoms with van der Waals surface area (Å²) in [5.41, 5.74) is 8.37. The molecule has 0 saturated carbocycles. The molecule has 0 aliphatic carbocycles. The maximum absolute atomic E-state index is 5.55. The molecule has 3 rings (SSSR count). The predicted octanol–water partition coefficient (Wildman–Crippen LogP) is 1.60. The van der Waals surface area contributed by atoms with Gasteiger partial charge in [0, 0.05) is 17.1 Å². The number of aromatic amines is 1. The van der Waals surface area contributed by atoms with Crippen LogP contribution in [0, 0.1) is 0 Å². The van der Waals surface area contributed by atoms with Crippen LogP contribution < -0.4 is 5.73 Å². The molecule has 0 bridgehead atoms. The van der Waals surface area contributed by atoms with Crippen molar-refractivity contribution in [2.24, 2.45) is 0 Å². The van der Waals surface area contributed by atoms with E-state index in [9.17, 15) is 0 Å². The number of nitrogens with two attached hydrogens (primary N) is 1. The highest BCUT2D eigenvalue weighted by Gasteiger charge is 2.02. The Balaban J connectivity index is 2.18. The van der Waals surface area contributed by atoms with E-state index < -0.39 is 0 Å². The highest BCUT2D eigenvalue weighted by molar-refractivity contribution is 5.83. The first-order valence-electron chi connectivity index (χ1n) is 4.85. The minimum atomic E-state index is 0.282. The van der Waals surface area contributed by atoms with E-state index in [1.807, 2.05) is 24.3 Å². The van der Waals surface area contributed by atoms with E-state index in [1.54, 1.807) is 12.4 Å². The van der Waals surface area contributed by atoms with Crippen LogP contribution in [0.2, 0.25) is 0 Å². The van der Waals surface area contributed by atoms with Crippen LogP contribution >= 0.6 is 0 Å². The second kappa shape index (κ2) is 3.30. The highest BCUT2D eigenvalue weighted by atomic mass is 15.1. The van der Waals surface area contributed by atoms with Crippen LogP contribution in [0.1, 0.15) is 0 Å². The van der Waals surface area contributed by atoms with Gasteiger partial charge in [-0.1, -0.05) is 6.07 Å². The van der Waals surface area contributed by atoms with E-state index in [1.165, 1.54) is 0 Å². The third kappa shape index (κ3) is 1.38. The number of H-pyrrole nitrogens is 1. The maximum Gasteiger partial charge on any atom is 0.220 e. The van der Waals surface area contributed by atoms with Crippen LogP contribution in [-0.2, 0) is 0 Å². The molecule has 0 amide bonds. The standard InChI is InChI=1S/C11H9N5/c12-11-13-4-3-9(15-11)7-1-2-10-8(5-7)6-14-16-10/h1-6H,(H,14,16)(H2,12,13,15). The van der Waals surface area contributed by atoms with Gasteiger partial charge in [0.05, 0.1) is 17.4 Å². The van der Waals surface area contributed by atoms with Crippen LogP contribution in [-0.4, -0.2) is 20.2 Å².